The van der Waals surface area contributed by atoms with E-state index in [1.807, 2.05) is 44.2 Å². The van der Waals surface area contributed by atoms with E-state index in [0.717, 1.165) is 5.56 Å². The van der Waals surface area contributed by atoms with Crippen LogP contribution in [-0.2, 0) is 21.4 Å². The summed E-state index contributed by atoms with van der Waals surface area (Å²) in [6.45, 7) is 4.37. The lowest BCUT2D eigenvalue weighted by Gasteiger charge is -2.27. The molecule has 0 aliphatic heterocycles. The first-order chi connectivity index (χ1) is 14.8. The van der Waals surface area contributed by atoms with E-state index in [1.54, 1.807) is 46.7 Å². The summed E-state index contributed by atoms with van der Waals surface area (Å²) in [5, 5.41) is 1.73. The number of amides is 1. The number of carbonyl (C=O) groups is 1. The molecule has 1 aromatic heterocycles. The van der Waals surface area contributed by atoms with E-state index in [4.69, 9.17) is 4.74 Å². The van der Waals surface area contributed by atoms with Crippen molar-refractivity contribution in [2.75, 3.05) is 18.0 Å². The molecule has 6 nitrogen and oxygen atoms in total. The molecule has 0 radical (unpaired) electrons. The van der Waals surface area contributed by atoms with Crippen LogP contribution in [0.4, 0.5) is 5.69 Å². The molecular weight excluding hydrogens is 432 g/mol. The van der Waals surface area contributed by atoms with Crippen LogP contribution in [0.25, 0.3) is 0 Å². The molecule has 0 saturated carbocycles. The van der Waals surface area contributed by atoms with Gasteiger partial charge < -0.3 is 9.64 Å². The third kappa shape index (κ3) is 5.65. The quantitative estimate of drug-likeness (QED) is 0.477. The number of hydrogen-bond donors (Lipinski definition) is 0. The molecule has 1 amide bonds. The van der Waals surface area contributed by atoms with Crippen molar-refractivity contribution >= 4 is 33.0 Å². The molecule has 0 fully saturated rings. The second-order valence-electron chi connectivity index (χ2n) is 7.29. The zero-order valence-corrected chi connectivity index (χ0v) is 19.4. The first-order valence-corrected chi connectivity index (χ1v) is 12.2. The van der Waals surface area contributed by atoms with Crippen molar-refractivity contribution in [1.82, 2.24) is 4.90 Å². The molecule has 31 heavy (non-hydrogen) atoms. The molecule has 0 N–H and O–H groups in total. The molecule has 3 aromatic rings. The first-order valence-electron chi connectivity index (χ1n) is 9.87. The molecular formula is C23H26N2O4S2. The van der Waals surface area contributed by atoms with Gasteiger partial charge in [0.1, 0.15) is 9.96 Å². The summed E-state index contributed by atoms with van der Waals surface area (Å²) < 4.78 is 32.5. The number of benzene rings is 2. The minimum absolute atomic E-state index is 0.0368. The minimum Gasteiger partial charge on any atom is -0.484 e. The maximum absolute atomic E-state index is 12.7. The molecule has 3 rings (SSSR count). The summed E-state index contributed by atoms with van der Waals surface area (Å²) in [7, 11) is -2.08. The van der Waals surface area contributed by atoms with Gasteiger partial charge in [-0.2, -0.15) is 0 Å². The summed E-state index contributed by atoms with van der Waals surface area (Å²) >= 11 is 1.18. The summed E-state index contributed by atoms with van der Waals surface area (Å²) in [6.07, 6.45) is 0. The fraction of sp³-hybridized carbons (Fsp3) is 0.261. The first kappa shape index (κ1) is 22.8. The van der Waals surface area contributed by atoms with Crippen molar-refractivity contribution in [2.45, 2.75) is 30.6 Å². The number of nitrogens with zero attached hydrogens (tertiary/aromatic N) is 2. The topological polar surface area (TPSA) is 66.9 Å². The van der Waals surface area contributed by atoms with E-state index in [-0.39, 0.29) is 22.8 Å². The molecule has 0 atom stereocenters. The zero-order valence-electron chi connectivity index (χ0n) is 17.8. The van der Waals surface area contributed by atoms with Crippen LogP contribution < -0.4 is 9.04 Å². The van der Waals surface area contributed by atoms with Gasteiger partial charge in [0.25, 0.3) is 15.9 Å². The summed E-state index contributed by atoms with van der Waals surface area (Å²) in [5.41, 5.74) is 1.57. The molecule has 164 valence electrons. The van der Waals surface area contributed by atoms with Crippen LogP contribution in [-0.4, -0.2) is 38.9 Å². The highest BCUT2D eigenvalue weighted by Crippen LogP contribution is 2.26. The zero-order chi connectivity index (χ0) is 22.4. The summed E-state index contributed by atoms with van der Waals surface area (Å²) in [6, 6.07) is 19.8. The van der Waals surface area contributed by atoms with E-state index in [9.17, 15) is 13.2 Å². The van der Waals surface area contributed by atoms with Crippen LogP contribution in [0.5, 0.6) is 5.75 Å². The van der Waals surface area contributed by atoms with Gasteiger partial charge in [-0.25, -0.2) is 8.42 Å². The number of anilines is 1. The van der Waals surface area contributed by atoms with E-state index in [2.05, 4.69) is 0 Å². The van der Waals surface area contributed by atoms with E-state index in [1.165, 1.54) is 22.7 Å². The van der Waals surface area contributed by atoms with Crippen LogP contribution in [0.15, 0.2) is 76.3 Å². The highest BCUT2D eigenvalue weighted by molar-refractivity contribution is 7.94. The van der Waals surface area contributed by atoms with Crippen LogP contribution in [0.3, 0.4) is 0 Å². The van der Waals surface area contributed by atoms with Crippen LogP contribution >= 0.6 is 11.3 Å². The Hall–Kier alpha value is -2.84. The van der Waals surface area contributed by atoms with Gasteiger partial charge in [-0.1, -0.05) is 36.4 Å². The van der Waals surface area contributed by atoms with Crippen molar-refractivity contribution in [3.8, 4) is 5.75 Å². The Balaban J connectivity index is 1.62. The second kappa shape index (κ2) is 9.98. The van der Waals surface area contributed by atoms with Gasteiger partial charge in [0.05, 0.1) is 5.69 Å². The lowest BCUT2D eigenvalue weighted by atomic mass is 10.2. The molecule has 0 spiro atoms. The van der Waals surface area contributed by atoms with Crippen molar-refractivity contribution < 1.29 is 17.9 Å². The van der Waals surface area contributed by atoms with Crippen molar-refractivity contribution in [3.05, 3.63) is 77.7 Å². The molecule has 0 aliphatic carbocycles. The molecule has 0 unspecified atom stereocenters. The third-order valence-electron chi connectivity index (χ3n) is 4.81. The smallest absolute Gasteiger partial charge is 0.273 e. The van der Waals surface area contributed by atoms with Gasteiger partial charge in [0.15, 0.2) is 6.61 Å². The maximum atomic E-state index is 12.7. The SMILES string of the molecule is CC(C)N(Cc1ccccc1)C(=O)COc1ccc(N(C)S(=O)(=O)c2cccs2)cc1. The Bertz CT molecular complexity index is 1080. The van der Waals surface area contributed by atoms with E-state index in [0.29, 0.717) is 18.0 Å². The number of carbonyl (C=O) groups excluding carboxylic acids is 1. The molecule has 0 bridgehead atoms. The second-order valence-corrected chi connectivity index (χ2v) is 10.4. The molecule has 0 aliphatic rings. The van der Waals surface area contributed by atoms with Crippen LogP contribution in [0.1, 0.15) is 19.4 Å². The summed E-state index contributed by atoms with van der Waals surface area (Å²) in [4.78, 5) is 14.5. The Morgan fingerprint density at radius 1 is 1.00 bits per heavy atom. The Labute approximate surface area is 187 Å². The lowest BCUT2D eigenvalue weighted by Crippen LogP contribution is -2.39. The molecule has 8 heteroatoms. The van der Waals surface area contributed by atoms with Gasteiger partial charge in [-0.05, 0) is 55.1 Å². The maximum Gasteiger partial charge on any atom is 0.273 e. The molecule has 1 heterocycles. The number of hydrogen-bond acceptors (Lipinski definition) is 5. The fourth-order valence-electron chi connectivity index (χ4n) is 3.00. The van der Waals surface area contributed by atoms with Gasteiger partial charge >= 0.3 is 0 Å². The lowest BCUT2D eigenvalue weighted by molar-refractivity contribution is -0.135. The Morgan fingerprint density at radius 2 is 1.68 bits per heavy atom. The van der Waals surface area contributed by atoms with Gasteiger partial charge in [-0.15, -0.1) is 11.3 Å². The predicted octanol–water partition coefficient (Wildman–Crippen LogP) is 4.39. The van der Waals surface area contributed by atoms with Crippen molar-refractivity contribution in [1.29, 1.82) is 0 Å². The monoisotopic (exact) mass is 458 g/mol. The standard InChI is InChI=1S/C23H26N2O4S2/c1-18(2)25(16-19-8-5-4-6-9-19)22(26)17-29-21-13-11-20(12-14-21)24(3)31(27,28)23-10-7-15-30-23/h4-15,18H,16-17H2,1-3H3. The van der Waals surface area contributed by atoms with E-state index < -0.39 is 10.0 Å². The average Bonchev–Trinajstić information content (AvgIpc) is 3.32. The van der Waals surface area contributed by atoms with Crippen molar-refractivity contribution in [2.24, 2.45) is 0 Å². The third-order valence-corrected chi connectivity index (χ3v) is 7.97. The predicted molar refractivity (Wildman–Crippen MR) is 124 cm³/mol. The highest BCUT2D eigenvalue weighted by Gasteiger charge is 2.22. The van der Waals surface area contributed by atoms with Crippen molar-refractivity contribution in [3.63, 3.8) is 0 Å². The molecule has 2 aromatic carbocycles. The van der Waals surface area contributed by atoms with Gasteiger partial charge in [0, 0.05) is 19.6 Å². The number of sulfonamides is 1. The largest absolute Gasteiger partial charge is 0.484 e. The summed E-state index contributed by atoms with van der Waals surface area (Å²) in [5.74, 6) is 0.391. The number of thiophene rings is 1. The normalized spacial score (nSPS) is 11.4. The number of rotatable bonds is 9. The minimum atomic E-state index is -3.59. The fourth-order valence-corrected chi connectivity index (χ4v) is 5.36. The Kier molecular flexibility index (Phi) is 7.35. The Morgan fingerprint density at radius 3 is 2.26 bits per heavy atom. The van der Waals surface area contributed by atoms with Crippen LogP contribution in [0.2, 0.25) is 0 Å². The highest BCUT2D eigenvalue weighted by atomic mass is 32.2. The number of ether oxygens (including phenoxy) is 1. The van der Waals surface area contributed by atoms with Gasteiger partial charge in [0.2, 0.25) is 0 Å². The van der Waals surface area contributed by atoms with Crippen LogP contribution in [0, 0.1) is 0 Å². The van der Waals surface area contributed by atoms with E-state index >= 15 is 0 Å². The molecule has 0 saturated heterocycles. The average molecular weight is 459 g/mol. The van der Waals surface area contributed by atoms with Gasteiger partial charge in [-0.3, -0.25) is 9.10 Å².